The van der Waals surface area contributed by atoms with Crippen molar-refractivity contribution < 1.29 is 4.79 Å². The van der Waals surface area contributed by atoms with Crippen LogP contribution in [0.1, 0.15) is 24.8 Å². The summed E-state index contributed by atoms with van der Waals surface area (Å²) >= 11 is 0. The first-order valence-electron chi connectivity index (χ1n) is 4.83. The summed E-state index contributed by atoms with van der Waals surface area (Å²) in [6.45, 7) is 2.06. The van der Waals surface area contributed by atoms with Crippen molar-refractivity contribution in [3.63, 3.8) is 0 Å². The monoisotopic (exact) mass is 190 g/mol. The number of anilines is 1. The maximum atomic E-state index is 11.3. The molecular formula is C11H14N2O. The number of primary amides is 1. The van der Waals surface area contributed by atoms with Gasteiger partial charge in [0.25, 0.3) is 0 Å². The third-order valence-corrected chi connectivity index (χ3v) is 2.67. The number of hydrogen-bond donors (Lipinski definition) is 2. The molecule has 3 nitrogen and oxygen atoms in total. The summed E-state index contributed by atoms with van der Waals surface area (Å²) in [7, 11) is 0. The summed E-state index contributed by atoms with van der Waals surface area (Å²) in [6.07, 6.45) is 0.784. The van der Waals surface area contributed by atoms with Gasteiger partial charge in [0.2, 0.25) is 5.91 Å². The second-order valence-corrected chi connectivity index (χ2v) is 3.82. The quantitative estimate of drug-likeness (QED) is 0.704. The molecule has 2 rings (SSSR count). The van der Waals surface area contributed by atoms with E-state index in [-0.39, 0.29) is 11.8 Å². The van der Waals surface area contributed by atoms with Crippen molar-refractivity contribution in [2.45, 2.75) is 25.3 Å². The molecule has 0 unspecified atom stereocenters. The summed E-state index contributed by atoms with van der Waals surface area (Å²) in [5.41, 5.74) is 7.44. The SMILES string of the molecule is C[C@@H]1C[C@H](C(N)=O)c2ccccc2N1. The fraction of sp³-hybridized carbons (Fsp3) is 0.364. The highest BCUT2D eigenvalue weighted by atomic mass is 16.1. The molecule has 1 aromatic rings. The van der Waals surface area contributed by atoms with Crippen molar-refractivity contribution in [3.8, 4) is 0 Å². The lowest BCUT2D eigenvalue weighted by Crippen LogP contribution is -2.32. The van der Waals surface area contributed by atoms with Gasteiger partial charge in [-0.25, -0.2) is 0 Å². The predicted octanol–water partition coefficient (Wildman–Crippen LogP) is 1.46. The number of rotatable bonds is 1. The molecule has 0 radical (unpaired) electrons. The minimum absolute atomic E-state index is 0.137. The van der Waals surface area contributed by atoms with E-state index in [9.17, 15) is 4.79 Å². The molecule has 14 heavy (non-hydrogen) atoms. The molecule has 0 fully saturated rings. The standard InChI is InChI=1S/C11H14N2O/c1-7-6-9(11(12)14)8-4-2-3-5-10(8)13-7/h2-5,7,9,13H,6H2,1H3,(H2,12,14)/t7-,9+/m1/s1. The average molecular weight is 190 g/mol. The number of nitrogens with one attached hydrogen (secondary N) is 1. The van der Waals surface area contributed by atoms with Crippen LogP contribution in [0.3, 0.4) is 0 Å². The number of carbonyl (C=O) groups excluding carboxylic acids is 1. The van der Waals surface area contributed by atoms with Crippen LogP contribution >= 0.6 is 0 Å². The molecule has 74 valence electrons. The zero-order valence-electron chi connectivity index (χ0n) is 8.16. The highest BCUT2D eigenvalue weighted by Gasteiger charge is 2.27. The van der Waals surface area contributed by atoms with Crippen LogP contribution in [0.5, 0.6) is 0 Å². The van der Waals surface area contributed by atoms with Gasteiger partial charge in [0.1, 0.15) is 0 Å². The van der Waals surface area contributed by atoms with E-state index >= 15 is 0 Å². The van der Waals surface area contributed by atoms with Crippen LogP contribution < -0.4 is 11.1 Å². The molecular weight excluding hydrogens is 176 g/mol. The number of benzene rings is 1. The van der Waals surface area contributed by atoms with Gasteiger partial charge >= 0.3 is 0 Å². The van der Waals surface area contributed by atoms with Gasteiger partial charge in [-0.1, -0.05) is 18.2 Å². The predicted molar refractivity (Wildman–Crippen MR) is 56.1 cm³/mol. The van der Waals surface area contributed by atoms with Gasteiger partial charge in [-0.3, -0.25) is 4.79 Å². The third kappa shape index (κ3) is 1.45. The normalized spacial score (nSPS) is 24.9. The summed E-state index contributed by atoms with van der Waals surface area (Å²) in [6, 6.07) is 8.15. The fourth-order valence-corrected chi connectivity index (χ4v) is 2.01. The van der Waals surface area contributed by atoms with Gasteiger partial charge < -0.3 is 11.1 Å². The molecule has 0 bridgehead atoms. The smallest absolute Gasteiger partial charge is 0.225 e. The lowest BCUT2D eigenvalue weighted by Gasteiger charge is -2.29. The number of amides is 1. The Labute approximate surface area is 83.3 Å². The van der Waals surface area contributed by atoms with Gasteiger partial charge in [-0.2, -0.15) is 0 Å². The van der Waals surface area contributed by atoms with Gasteiger partial charge in [0.05, 0.1) is 5.92 Å². The van der Waals surface area contributed by atoms with E-state index in [1.807, 2.05) is 24.3 Å². The summed E-state index contributed by atoms with van der Waals surface area (Å²) in [5.74, 6) is -0.367. The lowest BCUT2D eigenvalue weighted by molar-refractivity contribution is -0.119. The Bertz CT molecular complexity index is 362. The summed E-state index contributed by atoms with van der Waals surface area (Å²) < 4.78 is 0. The average Bonchev–Trinajstić information content (AvgIpc) is 2.16. The van der Waals surface area contributed by atoms with Gasteiger partial charge in [-0.05, 0) is 25.0 Å². The highest BCUT2D eigenvalue weighted by molar-refractivity contribution is 5.85. The molecule has 3 N–H and O–H groups in total. The molecule has 1 heterocycles. The van der Waals surface area contributed by atoms with E-state index in [0.717, 1.165) is 17.7 Å². The Balaban J connectivity index is 2.43. The van der Waals surface area contributed by atoms with Crippen LogP contribution in [0, 0.1) is 0 Å². The molecule has 1 aliphatic heterocycles. The van der Waals surface area contributed by atoms with E-state index < -0.39 is 0 Å². The second kappa shape index (κ2) is 3.33. The molecule has 2 atom stereocenters. The maximum absolute atomic E-state index is 11.3. The minimum Gasteiger partial charge on any atom is -0.382 e. The highest BCUT2D eigenvalue weighted by Crippen LogP contribution is 2.33. The Morgan fingerprint density at radius 2 is 2.21 bits per heavy atom. The van der Waals surface area contributed by atoms with Gasteiger partial charge in [0.15, 0.2) is 0 Å². The molecule has 1 aromatic carbocycles. The zero-order valence-corrected chi connectivity index (χ0v) is 8.16. The van der Waals surface area contributed by atoms with Crippen LogP contribution in [0.2, 0.25) is 0 Å². The Hall–Kier alpha value is -1.51. The van der Waals surface area contributed by atoms with Crippen molar-refractivity contribution in [3.05, 3.63) is 29.8 Å². The fourth-order valence-electron chi connectivity index (χ4n) is 2.01. The van der Waals surface area contributed by atoms with E-state index in [1.54, 1.807) is 0 Å². The third-order valence-electron chi connectivity index (χ3n) is 2.67. The maximum Gasteiger partial charge on any atom is 0.225 e. The molecule has 0 aliphatic carbocycles. The van der Waals surface area contributed by atoms with Crippen LogP contribution in [-0.2, 0) is 4.79 Å². The molecule has 3 heteroatoms. The van der Waals surface area contributed by atoms with Gasteiger partial charge in [0, 0.05) is 11.7 Å². The van der Waals surface area contributed by atoms with Crippen LogP contribution in [0.4, 0.5) is 5.69 Å². The van der Waals surface area contributed by atoms with Crippen molar-refractivity contribution in [1.29, 1.82) is 0 Å². The van der Waals surface area contributed by atoms with Crippen molar-refractivity contribution in [1.82, 2.24) is 0 Å². The van der Waals surface area contributed by atoms with Crippen LogP contribution in [0.25, 0.3) is 0 Å². The molecule has 0 saturated heterocycles. The number of nitrogens with two attached hydrogens (primary N) is 1. The molecule has 1 aliphatic rings. The Kier molecular flexibility index (Phi) is 2.15. The first-order valence-corrected chi connectivity index (χ1v) is 4.83. The van der Waals surface area contributed by atoms with E-state index in [0.29, 0.717) is 6.04 Å². The number of hydrogen-bond acceptors (Lipinski definition) is 2. The van der Waals surface area contributed by atoms with E-state index in [4.69, 9.17) is 5.73 Å². The number of fused-ring (bicyclic) bond motifs is 1. The van der Waals surface area contributed by atoms with E-state index in [2.05, 4.69) is 12.2 Å². The number of carbonyl (C=O) groups is 1. The minimum atomic E-state index is -0.231. The summed E-state index contributed by atoms with van der Waals surface area (Å²) in [4.78, 5) is 11.3. The zero-order chi connectivity index (χ0) is 10.1. The lowest BCUT2D eigenvalue weighted by atomic mass is 9.87. The van der Waals surface area contributed by atoms with Crippen LogP contribution in [0.15, 0.2) is 24.3 Å². The first kappa shape index (κ1) is 9.06. The van der Waals surface area contributed by atoms with Gasteiger partial charge in [-0.15, -0.1) is 0 Å². The Morgan fingerprint density at radius 3 is 2.93 bits per heavy atom. The molecule has 0 spiro atoms. The molecule has 0 saturated carbocycles. The Morgan fingerprint density at radius 1 is 1.50 bits per heavy atom. The number of para-hydroxylation sites is 1. The second-order valence-electron chi connectivity index (χ2n) is 3.82. The van der Waals surface area contributed by atoms with Crippen LogP contribution in [-0.4, -0.2) is 11.9 Å². The molecule has 1 amide bonds. The molecule has 0 aromatic heterocycles. The van der Waals surface area contributed by atoms with Crippen molar-refractivity contribution in [2.24, 2.45) is 5.73 Å². The topological polar surface area (TPSA) is 55.1 Å². The van der Waals surface area contributed by atoms with E-state index in [1.165, 1.54) is 0 Å². The van der Waals surface area contributed by atoms with Crippen molar-refractivity contribution >= 4 is 11.6 Å². The van der Waals surface area contributed by atoms with Crippen molar-refractivity contribution in [2.75, 3.05) is 5.32 Å². The first-order chi connectivity index (χ1) is 6.68. The largest absolute Gasteiger partial charge is 0.382 e. The summed E-state index contributed by atoms with van der Waals surface area (Å²) in [5, 5.41) is 3.34.